The number of pyridine rings is 1. The lowest BCUT2D eigenvalue weighted by Gasteiger charge is -2.10. The smallest absolute Gasteiger partial charge is 0.339 e. The molecule has 106 valence electrons. The molecule has 0 aromatic carbocycles. The predicted octanol–water partition coefficient (Wildman–Crippen LogP) is 1.30. The minimum atomic E-state index is -0.336. The number of hydrogen-bond acceptors (Lipinski definition) is 5. The molecule has 0 aliphatic heterocycles. The van der Waals surface area contributed by atoms with E-state index in [0.717, 1.165) is 31.6 Å². The fraction of sp³-hybridized carbons (Fsp3) is 0.571. The Hall–Kier alpha value is -1.46. The molecule has 0 fully saturated rings. The summed E-state index contributed by atoms with van der Waals surface area (Å²) in [5.74, 6) is -0.336. The number of aromatic nitrogens is 1. The van der Waals surface area contributed by atoms with E-state index < -0.39 is 0 Å². The number of esters is 1. The van der Waals surface area contributed by atoms with Crippen LogP contribution >= 0.6 is 0 Å². The molecule has 0 radical (unpaired) electrons. The first-order valence-electron chi connectivity index (χ1n) is 6.52. The largest absolute Gasteiger partial charge is 0.465 e. The fourth-order valence-electron chi connectivity index (χ4n) is 1.76. The second-order valence-electron chi connectivity index (χ2n) is 4.68. The molecule has 0 amide bonds. The van der Waals surface area contributed by atoms with Gasteiger partial charge in [-0.1, -0.05) is 0 Å². The van der Waals surface area contributed by atoms with Crippen LogP contribution in [-0.2, 0) is 11.3 Å². The van der Waals surface area contributed by atoms with E-state index >= 15 is 0 Å². The van der Waals surface area contributed by atoms with Crippen LogP contribution in [0.5, 0.6) is 0 Å². The van der Waals surface area contributed by atoms with E-state index in [9.17, 15) is 4.79 Å². The van der Waals surface area contributed by atoms with Crippen molar-refractivity contribution in [2.75, 3.05) is 34.3 Å². The Morgan fingerprint density at radius 1 is 1.42 bits per heavy atom. The standard InChI is InChI=1S/C14H23N3O2/c1-17(2)10-5-4-8-15-11-13-12(14(18)19-3)7-6-9-16-13/h6-7,9,15H,4-5,8,10-11H2,1-3H3. The second kappa shape index (κ2) is 8.61. The number of rotatable bonds is 8. The van der Waals surface area contributed by atoms with E-state index in [1.807, 2.05) is 0 Å². The monoisotopic (exact) mass is 265 g/mol. The van der Waals surface area contributed by atoms with E-state index in [1.165, 1.54) is 7.11 Å². The minimum Gasteiger partial charge on any atom is -0.465 e. The topological polar surface area (TPSA) is 54.5 Å². The summed E-state index contributed by atoms with van der Waals surface area (Å²) in [6, 6.07) is 3.48. The summed E-state index contributed by atoms with van der Waals surface area (Å²) in [6.07, 6.45) is 3.96. The Morgan fingerprint density at radius 3 is 2.89 bits per heavy atom. The number of unbranched alkanes of at least 4 members (excludes halogenated alkanes) is 1. The zero-order chi connectivity index (χ0) is 14.1. The molecule has 1 N–H and O–H groups in total. The average molecular weight is 265 g/mol. The van der Waals surface area contributed by atoms with Gasteiger partial charge in [0, 0.05) is 12.7 Å². The van der Waals surface area contributed by atoms with E-state index in [0.29, 0.717) is 12.1 Å². The molecule has 0 atom stereocenters. The van der Waals surface area contributed by atoms with Crippen LogP contribution in [0.15, 0.2) is 18.3 Å². The van der Waals surface area contributed by atoms with Crippen molar-refractivity contribution in [2.45, 2.75) is 19.4 Å². The number of carbonyl (C=O) groups is 1. The van der Waals surface area contributed by atoms with Crippen molar-refractivity contribution in [3.63, 3.8) is 0 Å². The first-order chi connectivity index (χ1) is 9.15. The van der Waals surface area contributed by atoms with Crippen molar-refractivity contribution in [1.29, 1.82) is 0 Å². The maximum atomic E-state index is 11.5. The summed E-state index contributed by atoms with van der Waals surface area (Å²) in [5, 5.41) is 3.31. The van der Waals surface area contributed by atoms with E-state index in [2.05, 4.69) is 29.3 Å². The molecule has 1 rings (SSSR count). The normalized spacial score (nSPS) is 10.7. The fourth-order valence-corrected chi connectivity index (χ4v) is 1.76. The maximum Gasteiger partial charge on any atom is 0.339 e. The average Bonchev–Trinajstić information content (AvgIpc) is 2.42. The summed E-state index contributed by atoms with van der Waals surface area (Å²) in [5.41, 5.74) is 1.27. The third kappa shape index (κ3) is 5.81. The highest BCUT2D eigenvalue weighted by molar-refractivity contribution is 5.90. The number of nitrogens with zero attached hydrogens (tertiary/aromatic N) is 2. The SMILES string of the molecule is COC(=O)c1cccnc1CNCCCCN(C)C. The molecule has 0 aliphatic rings. The summed E-state index contributed by atoms with van der Waals surface area (Å²) in [7, 11) is 5.53. The molecular weight excluding hydrogens is 242 g/mol. The van der Waals surface area contributed by atoms with Crippen LogP contribution in [-0.4, -0.2) is 50.1 Å². The molecular formula is C14H23N3O2. The summed E-state index contributed by atoms with van der Waals surface area (Å²) in [4.78, 5) is 17.9. The number of methoxy groups -OCH3 is 1. The van der Waals surface area contributed by atoms with E-state index in [1.54, 1.807) is 18.3 Å². The lowest BCUT2D eigenvalue weighted by molar-refractivity contribution is 0.0598. The Kier molecular flexibility index (Phi) is 7.07. The first kappa shape index (κ1) is 15.6. The lowest BCUT2D eigenvalue weighted by atomic mass is 10.2. The van der Waals surface area contributed by atoms with E-state index in [-0.39, 0.29) is 5.97 Å². The molecule has 0 saturated heterocycles. The molecule has 1 heterocycles. The van der Waals surface area contributed by atoms with Crippen LogP contribution in [0.4, 0.5) is 0 Å². The van der Waals surface area contributed by atoms with Crippen LogP contribution < -0.4 is 5.32 Å². The van der Waals surface area contributed by atoms with Crippen molar-refractivity contribution in [2.24, 2.45) is 0 Å². The maximum absolute atomic E-state index is 11.5. The van der Waals surface area contributed by atoms with Crippen LogP contribution in [0.3, 0.4) is 0 Å². The van der Waals surface area contributed by atoms with Gasteiger partial charge in [-0.25, -0.2) is 4.79 Å². The molecule has 1 aromatic rings. The van der Waals surface area contributed by atoms with Crippen LogP contribution in [0.1, 0.15) is 28.9 Å². The van der Waals surface area contributed by atoms with Crippen LogP contribution in [0, 0.1) is 0 Å². The molecule has 0 aliphatic carbocycles. The first-order valence-corrected chi connectivity index (χ1v) is 6.52. The molecule has 1 aromatic heterocycles. The van der Waals surface area contributed by atoms with Crippen molar-refractivity contribution in [1.82, 2.24) is 15.2 Å². The van der Waals surface area contributed by atoms with Gasteiger partial charge in [-0.3, -0.25) is 4.98 Å². The van der Waals surface area contributed by atoms with Gasteiger partial charge in [-0.05, 0) is 52.2 Å². The lowest BCUT2D eigenvalue weighted by Crippen LogP contribution is -2.20. The minimum absolute atomic E-state index is 0.336. The van der Waals surface area contributed by atoms with Gasteiger partial charge in [-0.15, -0.1) is 0 Å². The molecule has 19 heavy (non-hydrogen) atoms. The van der Waals surface area contributed by atoms with Gasteiger partial charge in [0.1, 0.15) is 0 Å². The molecule has 0 unspecified atom stereocenters. The second-order valence-corrected chi connectivity index (χ2v) is 4.68. The van der Waals surface area contributed by atoms with Crippen LogP contribution in [0.25, 0.3) is 0 Å². The summed E-state index contributed by atoms with van der Waals surface area (Å²) >= 11 is 0. The highest BCUT2D eigenvalue weighted by atomic mass is 16.5. The number of carbonyl (C=O) groups excluding carboxylic acids is 1. The Balaban J connectivity index is 2.35. The highest BCUT2D eigenvalue weighted by Crippen LogP contribution is 2.06. The van der Waals surface area contributed by atoms with Crippen molar-refractivity contribution < 1.29 is 9.53 Å². The Bertz CT molecular complexity index is 394. The van der Waals surface area contributed by atoms with Gasteiger partial charge in [0.15, 0.2) is 0 Å². The van der Waals surface area contributed by atoms with Gasteiger partial charge in [-0.2, -0.15) is 0 Å². The van der Waals surface area contributed by atoms with Gasteiger partial charge in [0.25, 0.3) is 0 Å². The number of ether oxygens (including phenoxy) is 1. The summed E-state index contributed by atoms with van der Waals surface area (Å²) < 4.78 is 4.74. The Morgan fingerprint density at radius 2 is 2.21 bits per heavy atom. The zero-order valence-electron chi connectivity index (χ0n) is 12.0. The van der Waals surface area contributed by atoms with E-state index in [4.69, 9.17) is 4.74 Å². The molecule has 5 nitrogen and oxygen atoms in total. The number of nitrogens with one attached hydrogen (secondary N) is 1. The molecule has 5 heteroatoms. The Labute approximate surface area is 115 Å². The summed E-state index contributed by atoms with van der Waals surface area (Å²) in [6.45, 7) is 2.61. The zero-order valence-corrected chi connectivity index (χ0v) is 12.0. The van der Waals surface area contributed by atoms with Crippen LogP contribution in [0.2, 0.25) is 0 Å². The third-order valence-electron chi connectivity index (χ3n) is 2.80. The molecule has 0 bridgehead atoms. The predicted molar refractivity (Wildman–Crippen MR) is 75.1 cm³/mol. The quantitative estimate of drug-likeness (QED) is 0.567. The molecule has 0 spiro atoms. The third-order valence-corrected chi connectivity index (χ3v) is 2.80. The highest BCUT2D eigenvalue weighted by Gasteiger charge is 2.11. The number of hydrogen-bond donors (Lipinski definition) is 1. The van der Waals surface area contributed by atoms with Crippen molar-refractivity contribution in [3.05, 3.63) is 29.6 Å². The van der Waals surface area contributed by atoms with Crippen molar-refractivity contribution in [3.8, 4) is 0 Å². The van der Waals surface area contributed by atoms with Gasteiger partial charge >= 0.3 is 5.97 Å². The van der Waals surface area contributed by atoms with Gasteiger partial charge in [0.2, 0.25) is 0 Å². The molecule has 0 saturated carbocycles. The van der Waals surface area contributed by atoms with Gasteiger partial charge < -0.3 is 15.0 Å². The van der Waals surface area contributed by atoms with Crippen molar-refractivity contribution >= 4 is 5.97 Å². The van der Waals surface area contributed by atoms with Gasteiger partial charge in [0.05, 0.1) is 18.4 Å².